The van der Waals surface area contributed by atoms with Crippen molar-refractivity contribution in [1.29, 1.82) is 0 Å². The average molecular weight is 330 g/mol. The summed E-state index contributed by atoms with van der Waals surface area (Å²) in [4.78, 5) is 2.35. The van der Waals surface area contributed by atoms with E-state index < -0.39 is 0 Å². The Morgan fingerprint density at radius 2 is 2.04 bits per heavy atom. The third kappa shape index (κ3) is 3.71. The van der Waals surface area contributed by atoms with Crippen LogP contribution < -0.4 is 10.2 Å². The highest BCUT2D eigenvalue weighted by Crippen LogP contribution is 2.22. The second-order valence-corrected chi connectivity index (χ2v) is 6.10. The first-order valence-corrected chi connectivity index (χ1v) is 8.49. The van der Waals surface area contributed by atoms with Gasteiger partial charge in [-0.2, -0.15) is 5.10 Å². The molecule has 1 aromatic carbocycles. The molecule has 1 saturated heterocycles. The van der Waals surface area contributed by atoms with Crippen molar-refractivity contribution in [3.05, 3.63) is 41.2 Å². The number of aromatic nitrogens is 2. The predicted molar refractivity (Wildman–Crippen MR) is 95.6 cm³/mol. The van der Waals surface area contributed by atoms with E-state index in [0.29, 0.717) is 6.54 Å². The summed E-state index contributed by atoms with van der Waals surface area (Å²) in [5.74, 6) is 0. The van der Waals surface area contributed by atoms with Gasteiger partial charge in [-0.15, -0.1) is 0 Å². The van der Waals surface area contributed by atoms with Gasteiger partial charge >= 0.3 is 0 Å². The molecule has 2 aromatic rings. The van der Waals surface area contributed by atoms with E-state index >= 15 is 0 Å². The Bertz CT molecular complexity index is 678. The van der Waals surface area contributed by atoms with Crippen molar-refractivity contribution in [2.75, 3.05) is 43.1 Å². The number of rotatable bonds is 6. The summed E-state index contributed by atoms with van der Waals surface area (Å²) in [6.45, 7) is 8.91. The number of hydrogen-bond donors (Lipinski definition) is 2. The van der Waals surface area contributed by atoms with Crippen molar-refractivity contribution < 1.29 is 9.84 Å². The Morgan fingerprint density at radius 1 is 1.25 bits per heavy atom. The number of nitrogens with one attached hydrogen (secondary N) is 1. The molecule has 1 aliphatic rings. The lowest BCUT2D eigenvalue weighted by Gasteiger charge is -2.29. The number of benzene rings is 1. The summed E-state index contributed by atoms with van der Waals surface area (Å²) in [7, 11) is 0. The van der Waals surface area contributed by atoms with Gasteiger partial charge in [-0.1, -0.05) is 6.07 Å². The van der Waals surface area contributed by atoms with Crippen molar-refractivity contribution in [2.24, 2.45) is 0 Å². The van der Waals surface area contributed by atoms with Gasteiger partial charge in [0.2, 0.25) is 0 Å². The zero-order valence-corrected chi connectivity index (χ0v) is 14.5. The lowest BCUT2D eigenvalue weighted by atomic mass is 10.2. The number of nitrogens with zero attached hydrogens (tertiary/aromatic N) is 3. The van der Waals surface area contributed by atoms with Gasteiger partial charge in [0.25, 0.3) is 0 Å². The van der Waals surface area contributed by atoms with Gasteiger partial charge in [-0.25, -0.2) is 0 Å². The van der Waals surface area contributed by atoms with Crippen molar-refractivity contribution in [2.45, 2.75) is 26.9 Å². The number of ether oxygens (including phenoxy) is 1. The van der Waals surface area contributed by atoms with E-state index in [9.17, 15) is 0 Å². The van der Waals surface area contributed by atoms with Crippen LogP contribution in [-0.4, -0.2) is 47.8 Å². The van der Waals surface area contributed by atoms with Crippen LogP contribution in [0, 0.1) is 13.8 Å². The quantitative estimate of drug-likeness (QED) is 0.847. The van der Waals surface area contributed by atoms with Crippen LogP contribution in [0.2, 0.25) is 0 Å². The molecule has 0 amide bonds. The molecule has 0 unspecified atom stereocenters. The van der Waals surface area contributed by atoms with Crippen LogP contribution in [0.3, 0.4) is 0 Å². The Kier molecular flexibility index (Phi) is 5.37. The summed E-state index contributed by atoms with van der Waals surface area (Å²) in [5, 5.41) is 17.1. The number of aliphatic hydroxyl groups excluding tert-OH is 1. The summed E-state index contributed by atoms with van der Waals surface area (Å²) in [5.41, 5.74) is 5.65. The van der Waals surface area contributed by atoms with E-state index in [1.807, 2.05) is 11.6 Å². The first kappa shape index (κ1) is 16.8. The number of aryl methyl sites for hydroxylation is 1. The van der Waals surface area contributed by atoms with E-state index in [-0.39, 0.29) is 6.61 Å². The van der Waals surface area contributed by atoms with E-state index in [0.717, 1.165) is 49.9 Å². The number of anilines is 2. The summed E-state index contributed by atoms with van der Waals surface area (Å²) < 4.78 is 7.29. The van der Waals surface area contributed by atoms with Crippen LogP contribution in [0.15, 0.2) is 24.3 Å². The highest BCUT2D eigenvalue weighted by molar-refractivity contribution is 5.58. The van der Waals surface area contributed by atoms with Crippen LogP contribution in [0.1, 0.15) is 17.0 Å². The zero-order valence-electron chi connectivity index (χ0n) is 14.5. The molecule has 0 spiro atoms. The summed E-state index contributed by atoms with van der Waals surface area (Å²) >= 11 is 0. The molecule has 130 valence electrons. The number of morpholine rings is 1. The van der Waals surface area contributed by atoms with Gasteiger partial charge < -0.3 is 20.1 Å². The SMILES string of the molecule is Cc1nn(CCO)c(C)c1CNc1cccc(N2CCOCC2)c1. The fraction of sp³-hybridized carbons (Fsp3) is 0.500. The molecule has 0 saturated carbocycles. The topological polar surface area (TPSA) is 62.5 Å². The average Bonchev–Trinajstić information content (AvgIpc) is 2.88. The third-order valence-electron chi connectivity index (χ3n) is 4.53. The molecular formula is C18H26N4O2. The molecule has 0 atom stereocenters. The molecule has 3 rings (SSSR count). The second-order valence-electron chi connectivity index (χ2n) is 6.10. The highest BCUT2D eigenvalue weighted by atomic mass is 16.5. The monoisotopic (exact) mass is 330 g/mol. The molecule has 1 fully saturated rings. The minimum atomic E-state index is 0.108. The Labute approximate surface area is 143 Å². The molecule has 2 heterocycles. The molecule has 6 heteroatoms. The predicted octanol–water partition coefficient (Wildman–Crippen LogP) is 1.94. The maximum absolute atomic E-state index is 9.12. The van der Waals surface area contributed by atoms with E-state index in [1.165, 1.54) is 11.3 Å². The molecule has 1 aromatic heterocycles. The zero-order chi connectivity index (χ0) is 16.9. The number of aliphatic hydroxyl groups is 1. The molecule has 24 heavy (non-hydrogen) atoms. The van der Waals surface area contributed by atoms with Crippen LogP contribution in [0.5, 0.6) is 0 Å². The molecule has 0 radical (unpaired) electrons. The van der Waals surface area contributed by atoms with Gasteiger partial charge in [0.1, 0.15) is 0 Å². The normalized spacial score (nSPS) is 14.9. The van der Waals surface area contributed by atoms with E-state index in [2.05, 4.69) is 46.5 Å². The first-order chi connectivity index (χ1) is 11.7. The molecule has 0 aliphatic carbocycles. The van der Waals surface area contributed by atoms with Crippen LogP contribution in [0.25, 0.3) is 0 Å². The third-order valence-corrected chi connectivity index (χ3v) is 4.53. The van der Waals surface area contributed by atoms with Crippen LogP contribution in [0.4, 0.5) is 11.4 Å². The Balaban J connectivity index is 1.68. The fourth-order valence-corrected chi connectivity index (χ4v) is 3.13. The van der Waals surface area contributed by atoms with Gasteiger partial charge in [-0.05, 0) is 32.0 Å². The van der Waals surface area contributed by atoms with E-state index in [1.54, 1.807) is 0 Å². The van der Waals surface area contributed by atoms with Gasteiger partial charge in [-0.3, -0.25) is 4.68 Å². The second kappa shape index (κ2) is 7.68. The summed E-state index contributed by atoms with van der Waals surface area (Å²) in [6, 6.07) is 8.51. The lowest BCUT2D eigenvalue weighted by molar-refractivity contribution is 0.122. The first-order valence-electron chi connectivity index (χ1n) is 8.49. The van der Waals surface area contributed by atoms with Gasteiger partial charge in [0, 0.05) is 42.3 Å². The molecule has 0 bridgehead atoms. The van der Waals surface area contributed by atoms with Crippen molar-refractivity contribution in [3.8, 4) is 0 Å². The fourth-order valence-electron chi connectivity index (χ4n) is 3.13. The van der Waals surface area contributed by atoms with Crippen LogP contribution >= 0.6 is 0 Å². The minimum Gasteiger partial charge on any atom is -0.394 e. The minimum absolute atomic E-state index is 0.108. The van der Waals surface area contributed by atoms with Crippen molar-refractivity contribution >= 4 is 11.4 Å². The summed E-state index contributed by atoms with van der Waals surface area (Å²) in [6.07, 6.45) is 0. The standard InChI is InChI=1S/C18H26N4O2/c1-14-18(15(2)22(20-14)6-9-23)13-19-16-4-3-5-17(12-16)21-7-10-24-11-8-21/h3-5,12,19,23H,6-11,13H2,1-2H3. The van der Waals surface area contributed by atoms with Crippen LogP contribution in [-0.2, 0) is 17.8 Å². The van der Waals surface area contributed by atoms with Gasteiger partial charge in [0.15, 0.2) is 0 Å². The maximum atomic E-state index is 9.12. The highest BCUT2D eigenvalue weighted by Gasteiger charge is 2.13. The smallest absolute Gasteiger partial charge is 0.0646 e. The Hall–Kier alpha value is -2.05. The largest absolute Gasteiger partial charge is 0.394 e. The number of hydrogen-bond acceptors (Lipinski definition) is 5. The van der Waals surface area contributed by atoms with Crippen molar-refractivity contribution in [1.82, 2.24) is 9.78 Å². The Morgan fingerprint density at radius 3 is 2.79 bits per heavy atom. The molecule has 1 aliphatic heterocycles. The van der Waals surface area contributed by atoms with Crippen molar-refractivity contribution in [3.63, 3.8) is 0 Å². The lowest BCUT2D eigenvalue weighted by Crippen LogP contribution is -2.36. The maximum Gasteiger partial charge on any atom is 0.0646 e. The van der Waals surface area contributed by atoms with E-state index in [4.69, 9.17) is 9.84 Å². The van der Waals surface area contributed by atoms with Gasteiger partial charge in [0.05, 0.1) is 32.1 Å². The molecule has 6 nitrogen and oxygen atoms in total. The molecule has 2 N–H and O–H groups in total. The molecular weight excluding hydrogens is 304 g/mol.